The smallest absolute Gasteiger partial charge is 0.348 e. The summed E-state index contributed by atoms with van der Waals surface area (Å²) in [6, 6.07) is 18.8. The number of amides is 1. The molecule has 1 atom stereocenters. The summed E-state index contributed by atoms with van der Waals surface area (Å²) in [6.45, 7) is 5.41. The summed E-state index contributed by atoms with van der Waals surface area (Å²) in [5.74, 6) is -0.913. The molecule has 0 radical (unpaired) electrons. The van der Waals surface area contributed by atoms with E-state index in [1.165, 1.54) is 18.4 Å². The van der Waals surface area contributed by atoms with Crippen LogP contribution in [0.4, 0.5) is 5.69 Å². The predicted molar refractivity (Wildman–Crippen MR) is 147 cm³/mol. The first-order valence-electron chi connectivity index (χ1n) is 11.6. The Morgan fingerprint density at radius 2 is 1.62 bits per heavy atom. The molecule has 0 saturated carbocycles. The van der Waals surface area contributed by atoms with Crippen LogP contribution < -0.4 is 10.0 Å². The molecule has 0 spiro atoms. The molecular weight excluding hydrogens is 508 g/mol. The molecule has 0 aliphatic heterocycles. The lowest BCUT2D eigenvalue weighted by Crippen LogP contribution is -2.45. The highest BCUT2D eigenvalue weighted by molar-refractivity contribution is 7.89. The van der Waals surface area contributed by atoms with Crippen LogP contribution in [-0.2, 0) is 26.0 Å². The number of benzene rings is 3. The van der Waals surface area contributed by atoms with E-state index in [4.69, 9.17) is 4.74 Å². The van der Waals surface area contributed by atoms with E-state index in [0.29, 0.717) is 21.7 Å². The summed E-state index contributed by atoms with van der Waals surface area (Å²) in [6.07, 6.45) is 0.170. The third kappa shape index (κ3) is 6.07. The van der Waals surface area contributed by atoms with E-state index < -0.39 is 27.9 Å². The third-order valence-corrected chi connectivity index (χ3v) is 8.81. The monoisotopic (exact) mass is 536 g/mol. The topological polar surface area (TPSA) is 102 Å². The first-order valence-corrected chi connectivity index (χ1v) is 13.9. The van der Waals surface area contributed by atoms with Crippen molar-refractivity contribution in [3.05, 3.63) is 93.9 Å². The maximum absolute atomic E-state index is 13.5. The number of nitrogens with one attached hydrogen (secondary N) is 2. The number of hydrogen-bond donors (Lipinski definition) is 2. The second-order valence-electron chi connectivity index (χ2n) is 8.94. The van der Waals surface area contributed by atoms with Gasteiger partial charge in [-0.05, 0) is 73.5 Å². The first-order chi connectivity index (χ1) is 17.6. The van der Waals surface area contributed by atoms with Gasteiger partial charge in [-0.2, -0.15) is 4.72 Å². The Bertz CT molecular complexity index is 1550. The summed E-state index contributed by atoms with van der Waals surface area (Å²) in [7, 11) is -2.67. The zero-order chi connectivity index (χ0) is 26.7. The van der Waals surface area contributed by atoms with Crippen molar-refractivity contribution in [1.29, 1.82) is 0 Å². The van der Waals surface area contributed by atoms with Crippen LogP contribution in [0.25, 0.3) is 10.1 Å². The zero-order valence-electron chi connectivity index (χ0n) is 21.0. The van der Waals surface area contributed by atoms with E-state index in [0.717, 1.165) is 21.2 Å². The number of aryl methyl sites for hydroxylation is 3. The average Bonchev–Trinajstić information content (AvgIpc) is 3.26. The zero-order valence-corrected chi connectivity index (χ0v) is 22.6. The van der Waals surface area contributed by atoms with Crippen molar-refractivity contribution in [3.8, 4) is 0 Å². The number of esters is 1. The number of sulfonamides is 1. The Kier molecular flexibility index (Phi) is 7.77. The Morgan fingerprint density at radius 3 is 2.27 bits per heavy atom. The highest BCUT2D eigenvalue weighted by Gasteiger charge is 2.28. The average molecular weight is 537 g/mol. The van der Waals surface area contributed by atoms with Gasteiger partial charge in [-0.3, -0.25) is 4.79 Å². The second kappa shape index (κ2) is 10.8. The Balaban J connectivity index is 1.64. The minimum Gasteiger partial charge on any atom is -0.465 e. The van der Waals surface area contributed by atoms with E-state index in [9.17, 15) is 18.0 Å². The van der Waals surface area contributed by atoms with Crippen molar-refractivity contribution >= 4 is 49.0 Å². The van der Waals surface area contributed by atoms with Gasteiger partial charge in [0.25, 0.3) is 0 Å². The van der Waals surface area contributed by atoms with E-state index in [-0.39, 0.29) is 11.3 Å². The molecule has 0 unspecified atom stereocenters. The van der Waals surface area contributed by atoms with Crippen molar-refractivity contribution in [2.24, 2.45) is 0 Å². The number of methoxy groups -OCH3 is 1. The summed E-state index contributed by atoms with van der Waals surface area (Å²) >= 11 is 1.30. The number of thiophene rings is 1. The van der Waals surface area contributed by atoms with Gasteiger partial charge in [0, 0.05) is 10.4 Å². The summed E-state index contributed by atoms with van der Waals surface area (Å²) in [5.41, 5.74) is 3.51. The molecule has 7 nitrogen and oxygen atoms in total. The number of carbonyl (C=O) groups is 2. The van der Waals surface area contributed by atoms with Gasteiger partial charge in [-0.15, -0.1) is 11.3 Å². The van der Waals surface area contributed by atoms with Gasteiger partial charge in [-0.25, -0.2) is 13.2 Å². The van der Waals surface area contributed by atoms with Crippen LogP contribution in [0.5, 0.6) is 0 Å². The van der Waals surface area contributed by atoms with E-state index in [1.54, 1.807) is 38.1 Å². The fraction of sp³-hybridized carbons (Fsp3) is 0.214. The normalized spacial score (nSPS) is 12.3. The van der Waals surface area contributed by atoms with Gasteiger partial charge in [0.05, 0.1) is 12.0 Å². The molecule has 0 bridgehead atoms. The maximum atomic E-state index is 13.5. The van der Waals surface area contributed by atoms with E-state index >= 15 is 0 Å². The largest absolute Gasteiger partial charge is 0.465 e. The standard InChI is InChI=1S/C28H28N2O5S2/c1-17-12-18(2)26(19(3)13-17)37(33,34)30-23(14-20-8-6-5-7-9-20)27(31)29-22-10-11-24-21(15-22)16-25(36-24)28(32)35-4/h5-13,15-16,23,30H,14H2,1-4H3,(H,29,31)/t23-/m1/s1. The van der Waals surface area contributed by atoms with E-state index in [1.807, 2.05) is 49.4 Å². The van der Waals surface area contributed by atoms with Crippen LogP contribution in [0.15, 0.2) is 71.6 Å². The number of fused-ring (bicyclic) bond motifs is 1. The summed E-state index contributed by atoms with van der Waals surface area (Å²) in [4.78, 5) is 26.0. The Hall–Kier alpha value is -3.53. The van der Waals surface area contributed by atoms with Crippen LogP contribution in [0.1, 0.15) is 31.9 Å². The van der Waals surface area contributed by atoms with Crippen molar-refractivity contribution in [3.63, 3.8) is 0 Å². The maximum Gasteiger partial charge on any atom is 0.348 e. The number of ether oxygens (including phenoxy) is 1. The fourth-order valence-corrected chi connectivity index (χ4v) is 7.04. The molecular formula is C28H28N2O5S2. The van der Waals surface area contributed by atoms with Gasteiger partial charge < -0.3 is 10.1 Å². The van der Waals surface area contributed by atoms with Crippen molar-refractivity contribution in [2.75, 3.05) is 12.4 Å². The predicted octanol–water partition coefficient (Wildman–Crippen LogP) is 5.14. The quantitative estimate of drug-likeness (QED) is 0.304. The Morgan fingerprint density at radius 1 is 0.946 bits per heavy atom. The lowest BCUT2D eigenvalue weighted by Gasteiger charge is -2.21. The fourth-order valence-electron chi connectivity index (χ4n) is 4.43. The van der Waals surface area contributed by atoms with Gasteiger partial charge in [0.1, 0.15) is 10.9 Å². The lowest BCUT2D eigenvalue weighted by atomic mass is 10.1. The highest BCUT2D eigenvalue weighted by atomic mass is 32.2. The molecule has 0 saturated heterocycles. The molecule has 1 amide bonds. The molecule has 192 valence electrons. The molecule has 9 heteroatoms. The van der Waals surface area contributed by atoms with Crippen LogP contribution in [0.2, 0.25) is 0 Å². The first kappa shape index (κ1) is 26.5. The van der Waals surface area contributed by atoms with Crippen LogP contribution >= 0.6 is 11.3 Å². The van der Waals surface area contributed by atoms with Crippen molar-refractivity contribution < 1.29 is 22.7 Å². The molecule has 1 heterocycles. The molecule has 2 N–H and O–H groups in total. The molecule has 37 heavy (non-hydrogen) atoms. The van der Waals surface area contributed by atoms with Gasteiger partial charge in [-0.1, -0.05) is 48.0 Å². The number of rotatable bonds is 8. The number of hydrogen-bond acceptors (Lipinski definition) is 6. The number of carbonyl (C=O) groups excluding carboxylic acids is 2. The van der Waals surface area contributed by atoms with Gasteiger partial charge >= 0.3 is 5.97 Å². The molecule has 1 aromatic heterocycles. The van der Waals surface area contributed by atoms with Crippen LogP contribution in [0.3, 0.4) is 0 Å². The summed E-state index contributed by atoms with van der Waals surface area (Å²) < 4.78 is 35.3. The SMILES string of the molecule is COC(=O)c1cc2cc(NC(=O)[C@@H](Cc3ccccc3)NS(=O)(=O)c3c(C)cc(C)cc3C)ccc2s1. The molecule has 0 aliphatic carbocycles. The van der Waals surface area contributed by atoms with Crippen molar-refractivity contribution in [1.82, 2.24) is 4.72 Å². The van der Waals surface area contributed by atoms with Gasteiger partial charge in [0.2, 0.25) is 15.9 Å². The van der Waals surface area contributed by atoms with Crippen LogP contribution in [0, 0.1) is 20.8 Å². The molecule has 3 aromatic carbocycles. The molecule has 4 rings (SSSR count). The second-order valence-corrected chi connectivity index (χ2v) is 11.7. The Labute approximate surface area is 220 Å². The number of anilines is 1. The third-order valence-electron chi connectivity index (χ3n) is 5.94. The van der Waals surface area contributed by atoms with E-state index in [2.05, 4.69) is 10.0 Å². The van der Waals surface area contributed by atoms with Crippen LogP contribution in [-0.4, -0.2) is 33.4 Å². The van der Waals surface area contributed by atoms with Crippen molar-refractivity contribution in [2.45, 2.75) is 38.1 Å². The summed E-state index contributed by atoms with van der Waals surface area (Å²) in [5, 5.41) is 3.61. The molecule has 4 aromatic rings. The minimum atomic E-state index is -4.00. The minimum absolute atomic E-state index is 0.170. The molecule has 0 aliphatic rings. The van der Waals surface area contributed by atoms with Gasteiger partial charge in [0.15, 0.2) is 0 Å². The molecule has 0 fully saturated rings. The lowest BCUT2D eigenvalue weighted by molar-refractivity contribution is -0.117. The highest BCUT2D eigenvalue weighted by Crippen LogP contribution is 2.29.